The summed E-state index contributed by atoms with van der Waals surface area (Å²) >= 11 is 0. The number of ether oxygens (including phenoxy) is 1. The normalized spacial score (nSPS) is 20.1. The molecular weight excluding hydrogens is 262 g/mol. The van der Waals surface area contributed by atoms with Crippen LogP contribution in [0, 0.1) is 0 Å². The lowest BCUT2D eigenvalue weighted by atomic mass is 9.79. The van der Waals surface area contributed by atoms with Gasteiger partial charge in [-0.25, -0.2) is 0 Å². The molecule has 1 fully saturated rings. The molecule has 0 saturated carbocycles. The van der Waals surface area contributed by atoms with Crippen molar-refractivity contribution in [1.82, 2.24) is 4.90 Å². The number of benzene rings is 1. The van der Waals surface area contributed by atoms with E-state index >= 15 is 0 Å². The first kappa shape index (κ1) is 15.9. The molecule has 0 spiro atoms. The second-order valence-electron chi connectivity index (χ2n) is 7.23. The number of methoxy groups -OCH3 is 1. The van der Waals surface area contributed by atoms with Gasteiger partial charge in [0.15, 0.2) is 0 Å². The number of rotatable bonds is 3. The van der Waals surface area contributed by atoms with Gasteiger partial charge in [-0.15, -0.1) is 0 Å². The van der Waals surface area contributed by atoms with Crippen LogP contribution < -0.4 is 4.74 Å². The van der Waals surface area contributed by atoms with Gasteiger partial charge in [0.2, 0.25) is 5.91 Å². The van der Waals surface area contributed by atoms with Crippen molar-refractivity contribution in [2.75, 3.05) is 7.11 Å². The molecule has 3 heteroatoms. The maximum atomic E-state index is 12.8. The van der Waals surface area contributed by atoms with Gasteiger partial charge < -0.3 is 9.64 Å². The van der Waals surface area contributed by atoms with Crippen LogP contribution in [0.4, 0.5) is 0 Å². The van der Waals surface area contributed by atoms with Crippen molar-refractivity contribution in [1.29, 1.82) is 0 Å². The molecule has 0 N–H and O–H groups in total. The summed E-state index contributed by atoms with van der Waals surface area (Å²) in [5.74, 6) is 1.04. The van der Waals surface area contributed by atoms with E-state index in [1.54, 1.807) is 7.11 Å². The molecule has 1 saturated heterocycles. The number of amides is 1. The highest BCUT2D eigenvalue weighted by Crippen LogP contribution is 2.38. The van der Waals surface area contributed by atoms with Crippen LogP contribution in [0.15, 0.2) is 24.3 Å². The summed E-state index contributed by atoms with van der Waals surface area (Å²) in [7, 11) is 1.65. The van der Waals surface area contributed by atoms with Gasteiger partial charge in [0.05, 0.1) is 13.5 Å². The van der Waals surface area contributed by atoms with Gasteiger partial charge in [0.1, 0.15) is 5.75 Å². The maximum absolute atomic E-state index is 12.8. The van der Waals surface area contributed by atoms with Crippen molar-refractivity contribution in [3.8, 4) is 5.75 Å². The maximum Gasteiger partial charge on any atom is 0.227 e. The molecule has 0 aliphatic carbocycles. The summed E-state index contributed by atoms with van der Waals surface area (Å²) in [6, 6.07) is 7.77. The molecule has 2 rings (SSSR count). The Bertz CT molecular complexity index is 486. The van der Waals surface area contributed by atoms with Crippen LogP contribution in [-0.2, 0) is 11.2 Å². The lowest BCUT2D eigenvalue weighted by molar-refractivity contribution is -0.148. The van der Waals surface area contributed by atoms with Crippen molar-refractivity contribution < 1.29 is 9.53 Å². The van der Waals surface area contributed by atoms with Crippen LogP contribution in [0.25, 0.3) is 0 Å². The monoisotopic (exact) mass is 289 g/mol. The minimum atomic E-state index is -0.0642. The Balaban J connectivity index is 2.16. The standard InChI is InChI=1S/C18H27NO2/c1-17(2)11-6-12-18(3,4)19(17)16(20)13-14-7-9-15(21-5)10-8-14/h7-10H,6,11-13H2,1-5H3. The van der Waals surface area contributed by atoms with Crippen molar-refractivity contribution in [2.24, 2.45) is 0 Å². The number of piperidine rings is 1. The Kier molecular flexibility index (Phi) is 4.31. The number of hydrogen-bond donors (Lipinski definition) is 0. The molecule has 0 atom stereocenters. The number of carbonyl (C=O) groups excluding carboxylic acids is 1. The third-order valence-electron chi connectivity index (χ3n) is 4.55. The molecule has 1 aromatic carbocycles. The minimum absolute atomic E-state index is 0.0642. The van der Waals surface area contributed by atoms with E-state index in [4.69, 9.17) is 4.74 Å². The van der Waals surface area contributed by atoms with Gasteiger partial charge in [0, 0.05) is 11.1 Å². The Morgan fingerprint density at radius 2 is 1.62 bits per heavy atom. The third-order valence-corrected chi connectivity index (χ3v) is 4.55. The van der Waals surface area contributed by atoms with Crippen molar-refractivity contribution in [2.45, 2.75) is 64.5 Å². The first-order chi connectivity index (χ1) is 9.76. The predicted octanol–water partition coefficient (Wildman–Crippen LogP) is 3.81. The predicted molar refractivity (Wildman–Crippen MR) is 85.6 cm³/mol. The summed E-state index contributed by atoms with van der Waals surface area (Å²) in [4.78, 5) is 15.0. The molecule has 0 unspecified atom stereocenters. The van der Waals surface area contributed by atoms with Crippen LogP contribution in [0.1, 0.15) is 52.5 Å². The van der Waals surface area contributed by atoms with E-state index < -0.39 is 0 Å². The van der Waals surface area contributed by atoms with E-state index in [-0.39, 0.29) is 17.0 Å². The number of nitrogens with zero attached hydrogens (tertiary/aromatic N) is 1. The van der Waals surface area contributed by atoms with E-state index in [1.165, 1.54) is 6.42 Å². The largest absolute Gasteiger partial charge is 0.497 e. The smallest absolute Gasteiger partial charge is 0.227 e. The number of likely N-dealkylation sites (tertiary alicyclic amines) is 1. The second kappa shape index (κ2) is 5.70. The second-order valence-corrected chi connectivity index (χ2v) is 7.23. The van der Waals surface area contributed by atoms with Crippen molar-refractivity contribution >= 4 is 5.91 Å². The van der Waals surface area contributed by atoms with Crippen molar-refractivity contribution in [3.63, 3.8) is 0 Å². The van der Waals surface area contributed by atoms with Crippen LogP contribution >= 0.6 is 0 Å². The van der Waals surface area contributed by atoms with Crippen LogP contribution in [0.5, 0.6) is 5.75 Å². The van der Waals surface area contributed by atoms with Gasteiger partial charge in [-0.05, 0) is 64.7 Å². The highest BCUT2D eigenvalue weighted by atomic mass is 16.5. The zero-order chi connectivity index (χ0) is 15.7. The molecule has 116 valence electrons. The van der Waals surface area contributed by atoms with Gasteiger partial charge in [-0.1, -0.05) is 12.1 Å². The highest BCUT2D eigenvalue weighted by molar-refractivity contribution is 5.80. The van der Waals surface area contributed by atoms with E-state index in [9.17, 15) is 4.79 Å². The molecule has 1 aliphatic rings. The summed E-state index contributed by atoms with van der Waals surface area (Å²) in [6.45, 7) is 8.72. The molecule has 21 heavy (non-hydrogen) atoms. The molecule has 1 aliphatic heterocycles. The molecule has 0 bridgehead atoms. The zero-order valence-electron chi connectivity index (χ0n) is 13.9. The molecule has 3 nitrogen and oxygen atoms in total. The first-order valence-corrected chi connectivity index (χ1v) is 7.72. The third kappa shape index (κ3) is 3.39. The molecule has 1 heterocycles. The van der Waals surface area contributed by atoms with Gasteiger partial charge >= 0.3 is 0 Å². The van der Waals surface area contributed by atoms with Crippen LogP contribution in [-0.4, -0.2) is 29.0 Å². The summed E-state index contributed by atoms with van der Waals surface area (Å²) < 4.78 is 5.16. The Hall–Kier alpha value is -1.51. The number of hydrogen-bond acceptors (Lipinski definition) is 2. The van der Waals surface area contributed by atoms with Crippen LogP contribution in [0.2, 0.25) is 0 Å². The Morgan fingerprint density at radius 3 is 2.10 bits per heavy atom. The molecular formula is C18H27NO2. The Labute approximate surface area is 128 Å². The topological polar surface area (TPSA) is 29.5 Å². The quantitative estimate of drug-likeness (QED) is 0.847. The summed E-state index contributed by atoms with van der Waals surface area (Å²) in [6.07, 6.45) is 3.79. The van der Waals surface area contributed by atoms with E-state index in [1.807, 2.05) is 24.3 Å². The van der Waals surface area contributed by atoms with Crippen molar-refractivity contribution in [3.05, 3.63) is 29.8 Å². The SMILES string of the molecule is COc1ccc(CC(=O)N2C(C)(C)CCCC2(C)C)cc1. The summed E-state index contributed by atoms with van der Waals surface area (Å²) in [5, 5.41) is 0. The van der Waals surface area contributed by atoms with Gasteiger partial charge in [-0.3, -0.25) is 4.79 Å². The molecule has 1 aromatic rings. The van der Waals surface area contributed by atoms with Gasteiger partial charge in [-0.2, -0.15) is 0 Å². The molecule has 0 radical (unpaired) electrons. The fraction of sp³-hybridized carbons (Fsp3) is 0.611. The first-order valence-electron chi connectivity index (χ1n) is 7.72. The van der Waals surface area contributed by atoms with E-state index in [2.05, 4.69) is 32.6 Å². The highest BCUT2D eigenvalue weighted by Gasteiger charge is 2.43. The fourth-order valence-electron chi connectivity index (χ4n) is 3.67. The minimum Gasteiger partial charge on any atom is -0.497 e. The zero-order valence-corrected chi connectivity index (χ0v) is 13.9. The number of carbonyl (C=O) groups is 1. The summed E-state index contributed by atoms with van der Waals surface area (Å²) in [5.41, 5.74) is 0.911. The van der Waals surface area contributed by atoms with E-state index in [0.29, 0.717) is 6.42 Å². The lowest BCUT2D eigenvalue weighted by Gasteiger charge is -2.53. The average molecular weight is 289 g/mol. The van der Waals surface area contributed by atoms with Crippen LogP contribution in [0.3, 0.4) is 0 Å². The average Bonchev–Trinajstić information content (AvgIpc) is 2.37. The lowest BCUT2D eigenvalue weighted by Crippen LogP contribution is -2.61. The fourth-order valence-corrected chi connectivity index (χ4v) is 3.67. The van der Waals surface area contributed by atoms with Gasteiger partial charge in [0.25, 0.3) is 0 Å². The molecule has 1 amide bonds. The Morgan fingerprint density at radius 1 is 1.10 bits per heavy atom. The van der Waals surface area contributed by atoms with E-state index in [0.717, 1.165) is 24.2 Å². The molecule has 0 aromatic heterocycles.